The van der Waals surface area contributed by atoms with Gasteiger partial charge in [0, 0.05) is 5.56 Å². The molecule has 0 aliphatic rings. The number of ether oxygens (including phenoxy) is 3. The van der Waals surface area contributed by atoms with Crippen LogP contribution in [0.1, 0.15) is 24.0 Å². The van der Waals surface area contributed by atoms with Gasteiger partial charge in [0.1, 0.15) is 23.9 Å². The Bertz CT molecular complexity index is 774. The van der Waals surface area contributed by atoms with Crippen molar-refractivity contribution in [3.8, 4) is 17.2 Å². The van der Waals surface area contributed by atoms with E-state index >= 15 is 0 Å². The fraction of sp³-hybridized carbons (Fsp3) is 0.278. The van der Waals surface area contributed by atoms with Gasteiger partial charge in [-0.05, 0) is 42.8 Å². The van der Waals surface area contributed by atoms with Gasteiger partial charge in [-0.3, -0.25) is 4.79 Å². The van der Waals surface area contributed by atoms with Gasteiger partial charge in [0.05, 0.1) is 13.0 Å². The summed E-state index contributed by atoms with van der Waals surface area (Å²) in [5, 5.41) is 9.23. The molecule has 1 atom stereocenters. The van der Waals surface area contributed by atoms with Gasteiger partial charge in [0.15, 0.2) is 0 Å². The summed E-state index contributed by atoms with van der Waals surface area (Å²) in [5.74, 6) is -1.46. The van der Waals surface area contributed by atoms with Gasteiger partial charge in [0.25, 0.3) is 0 Å². The van der Waals surface area contributed by atoms with Gasteiger partial charge in [-0.15, -0.1) is 13.2 Å². The first kappa shape index (κ1) is 19.4. The van der Waals surface area contributed by atoms with Crippen molar-refractivity contribution in [2.45, 2.75) is 25.8 Å². The molecule has 0 spiro atoms. The monoisotopic (exact) mass is 370 g/mol. The van der Waals surface area contributed by atoms with Crippen LogP contribution in [0.3, 0.4) is 0 Å². The van der Waals surface area contributed by atoms with Crippen LogP contribution >= 0.6 is 0 Å². The molecule has 0 saturated carbocycles. The number of benzene rings is 2. The van der Waals surface area contributed by atoms with Gasteiger partial charge < -0.3 is 19.3 Å². The summed E-state index contributed by atoms with van der Waals surface area (Å²) in [4.78, 5) is 11.3. The molecule has 0 fully saturated rings. The Morgan fingerprint density at radius 3 is 2.50 bits per heavy atom. The first-order valence-corrected chi connectivity index (χ1v) is 7.58. The molecule has 0 bridgehead atoms. The highest BCUT2D eigenvalue weighted by Gasteiger charge is 2.31. The maximum absolute atomic E-state index is 12.3. The molecule has 2 aromatic carbocycles. The van der Waals surface area contributed by atoms with Crippen LogP contribution in [0, 0.1) is 0 Å². The Hall–Kier alpha value is -2.90. The lowest BCUT2D eigenvalue weighted by Gasteiger charge is -2.16. The Morgan fingerprint density at radius 1 is 1.15 bits per heavy atom. The van der Waals surface area contributed by atoms with Crippen LogP contribution in [0.2, 0.25) is 0 Å². The van der Waals surface area contributed by atoms with E-state index in [1.807, 2.05) is 0 Å². The van der Waals surface area contributed by atoms with E-state index in [-0.39, 0.29) is 12.4 Å². The number of hydrogen-bond acceptors (Lipinski definition) is 4. The maximum atomic E-state index is 12.3. The molecular weight excluding hydrogens is 353 g/mol. The zero-order chi connectivity index (χ0) is 19.3. The first-order chi connectivity index (χ1) is 12.2. The minimum absolute atomic E-state index is 0.0548. The van der Waals surface area contributed by atoms with Crippen molar-refractivity contribution in [3.63, 3.8) is 0 Å². The predicted octanol–water partition coefficient (Wildman–Crippen LogP) is 4.36. The largest absolute Gasteiger partial charge is 0.573 e. The Kier molecular flexibility index (Phi) is 5.97. The molecule has 0 aromatic heterocycles. The van der Waals surface area contributed by atoms with Crippen LogP contribution in [0.15, 0.2) is 42.5 Å². The number of aliphatic carboxylic acids is 1. The predicted molar refractivity (Wildman–Crippen MR) is 86.5 cm³/mol. The topological polar surface area (TPSA) is 65.0 Å². The van der Waals surface area contributed by atoms with E-state index in [0.717, 1.165) is 0 Å². The first-order valence-electron chi connectivity index (χ1n) is 7.58. The zero-order valence-corrected chi connectivity index (χ0v) is 14.0. The summed E-state index contributed by atoms with van der Waals surface area (Å²) in [6, 6.07) is 10.1. The van der Waals surface area contributed by atoms with E-state index in [1.165, 1.54) is 32.2 Å². The van der Waals surface area contributed by atoms with Crippen LogP contribution in [-0.4, -0.2) is 24.5 Å². The second-order valence-electron chi connectivity index (χ2n) is 5.45. The van der Waals surface area contributed by atoms with E-state index in [0.29, 0.717) is 22.6 Å². The molecule has 5 nitrogen and oxygen atoms in total. The average molecular weight is 370 g/mol. The Balaban J connectivity index is 2.19. The third-order valence-corrected chi connectivity index (χ3v) is 3.58. The summed E-state index contributed by atoms with van der Waals surface area (Å²) < 4.78 is 51.5. The molecule has 1 unspecified atom stereocenters. The van der Waals surface area contributed by atoms with Crippen molar-refractivity contribution >= 4 is 5.97 Å². The minimum Gasteiger partial charge on any atom is -0.497 e. The Labute approximate surface area is 147 Å². The molecule has 0 heterocycles. The molecule has 26 heavy (non-hydrogen) atoms. The van der Waals surface area contributed by atoms with E-state index in [1.54, 1.807) is 24.3 Å². The molecule has 0 radical (unpaired) electrons. The fourth-order valence-electron chi connectivity index (χ4n) is 2.25. The molecule has 0 aliphatic carbocycles. The van der Waals surface area contributed by atoms with Crippen LogP contribution < -0.4 is 14.2 Å². The van der Waals surface area contributed by atoms with Crippen molar-refractivity contribution in [1.82, 2.24) is 0 Å². The van der Waals surface area contributed by atoms with Gasteiger partial charge >= 0.3 is 12.3 Å². The minimum atomic E-state index is -4.78. The number of carbonyl (C=O) groups is 1. The second kappa shape index (κ2) is 7.99. The molecule has 2 rings (SSSR count). The van der Waals surface area contributed by atoms with Gasteiger partial charge in [-0.1, -0.05) is 12.1 Å². The Morgan fingerprint density at radius 2 is 1.88 bits per heavy atom. The van der Waals surface area contributed by atoms with Crippen LogP contribution in [0.4, 0.5) is 13.2 Å². The third-order valence-electron chi connectivity index (χ3n) is 3.58. The van der Waals surface area contributed by atoms with E-state index in [9.17, 15) is 23.1 Å². The van der Waals surface area contributed by atoms with Crippen molar-refractivity contribution < 1.29 is 37.3 Å². The highest BCUT2D eigenvalue weighted by molar-refractivity contribution is 5.77. The number of hydrogen-bond donors (Lipinski definition) is 1. The number of methoxy groups -OCH3 is 1. The highest BCUT2D eigenvalue weighted by atomic mass is 19.4. The number of halogens is 3. The molecule has 0 amide bonds. The van der Waals surface area contributed by atoms with Crippen LogP contribution in [-0.2, 0) is 11.4 Å². The maximum Gasteiger partial charge on any atom is 0.573 e. The molecule has 0 aliphatic heterocycles. The molecular formula is C18H17F3O5. The standard InChI is InChI=1S/C18H17F3O5/c1-11(17(22)23)15-9-13(24-2)6-7-16(15)25-10-12-4-3-5-14(8-12)26-18(19,20)21/h3-9,11H,10H2,1-2H3,(H,22,23). The van der Waals surface area contributed by atoms with E-state index in [2.05, 4.69) is 4.74 Å². The smallest absolute Gasteiger partial charge is 0.497 e. The lowest BCUT2D eigenvalue weighted by molar-refractivity contribution is -0.274. The second-order valence-corrected chi connectivity index (χ2v) is 5.45. The van der Waals surface area contributed by atoms with Gasteiger partial charge in [0.2, 0.25) is 0 Å². The molecule has 140 valence electrons. The lowest BCUT2D eigenvalue weighted by atomic mass is 10.00. The summed E-state index contributed by atoms with van der Waals surface area (Å²) in [6.07, 6.45) is -4.78. The highest BCUT2D eigenvalue weighted by Crippen LogP contribution is 2.32. The molecule has 2 aromatic rings. The SMILES string of the molecule is COc1ccc(OCc2cccc(OC(F)(F)F)c2)c(C(C)C(=O)O)c1. The fourth-order valence-corrected chi connectivity index (χ4v) is 2.25. The molecule has 1 N–H and O–H groups in total. The molecule has 0 saturated heterocycles. The summed E-state index contributed by atoms with van der Waals surface area (Å²) >= 11 is 0. The van der Waals surface area contributed by atoms with Crippen molar-refractivity contribution in [2.75, 3.05) is 7.11 Å². The summed E-state index contributed by atoms with van der Waals surface area (Å²) in [7, 11) is 1.46. The summed E-state index contributed by atoms with van der Waals surface area (Å²) in [6.45, 7) is 1.45. The third kappa shape index (κ3) is 5.30. The lowest BCUT2D eigenvalue weighted by Crippen LogP contribution is -2.17. The quantitative estimate of drug-likeness (QED) is 0.784. The van der Waals surface area contributed by atoms with Gasteiger partial charge in [-0.2, -0.15) is 0 Å². The number of carboxylic acids is 1. The van der Waals surface area contributed by atoms with Crippen LogP contribution in [0.5, 0.6) is 17.2 Å². The number of rotatable bonds is 7. The van der Waals surface area contributed by atoms with E-state index in [4.69, 9.17) is 9.47 Å². The van der Waals surface area contributed by atoms with Gasteiger partial charge in [-0.25, -0.2) is 0 Å². The van der Waals surface area contributed by atoms with Crippen LogP contribution in [0.25, 0.3) is 0 Å². The summed E-state index contributed by atoms with van der Waals surface area (Å²) in [5.41, 5.74) is 0.844. The number of carboxylic acid groups (broad SMARTS) is 1. The molecule has 8 heteroatoms. The average Bonchev–Trinajstić information content (AvgIpc) is 2.58. The normalized spacial score (nSPS) is 12.3. The van der Waals surface area contributed by atoms with Crippen molar-refractivity contribution in [1.29, 1.82) is 0 Å². The zero-order valence-electron chi connectivity index (χ0n) is 14.0. The number of alkyl halides is 3. The van der Waals surface area contributed by atoms with Crippen molar-refractivity contribution in [3.05, 3.63) is 53.6 Å². The van der Waals surface area contributed by atoms with Crippen molar-refractivity contribution in [2.24, 2.45) is 0 Å². The van der Waals surface area contributed by atoms with E-state index < -0.39 is 18.2 Å².